The summed E-state index contributed by atoms with van der Waals surface area (Å²) in [4.78, 5) is 28.4. The minimum absolute atomic E-state index is 0.217. The number of pyridine rings is 1. The maximum atomic E-state index is 12.2. The second kappa shape index (κ2) is 5.51. The molecular formula is C13H16N6O2. The fourth-order valence-corrected chi connectivity index (χ4v) is 2.35. The maximum Gasteiger partial charge on any atom is 0.250 e. The average Bonchev–Trinajstić information content (AvgIpc) is 2.90. The highest BCUT2D eigenvalue weighted by atomic mass is 16.2. The first-order chi connectivity index (χ1) is 10.1. The van der Waals surface area contributed by atoms with Gasteiger partial charge in [-0.1, -0.05) is 6.07 Å². The molecule has 2 unspecified atom stereocenters. The van der Waals surface area contributed by atoms with E-state index in [0.29, 0.717) is 6.54 Å². The summed E-state index contributed by atoms with van der Waals surface area (Å²) in [6.45, 7) is 2.10. The van der Waals surface area contributed by atoms with Crippen molar-refractivity contribution in [2.45, 2.75) is 25.6 Å². The SMILES string of the molecule is CC1=CN2NNC(C(=O)NCc3ccccn3)C2C(=O)N1. The van der Waals surface area contributed by atoms with Crippen molar-refractivity contribution in [2.24, 2.45) is 0 Å². The summed E-state index contributed by atoms with van der Waals surface area (Å²) in [7, 11) is 0. The predicted molar refractivity (Wildman–Crippen MR) is 73.7 cm³/mol. The standard InChI is InChI=1S/C13H16N6O2/c1-8-7-19-11(13(21)16-8)10(17-18-19)12(20)15-6-9-4-2-3-5-14-9/h2-5,7,10-11,17-18H,6H2,1H3,(H,15,20)(H,16,21). The molecule has 2 atom stereocenters. The highest BCUT2D eigenvalue weighted by Crippen LogP contribution is 2.15. The van der Waals surface area contributed by atoms with Gasteiger partial charge in [0.25, 0.3) is 5.91 Å². The van der Waals surface area contributed by atoms with Gasteiger partial charge in [0.1, 0.15) is 6.04 Å². The number of allylic oxidation sites excluding steroid dienone is 1. The Balaban J connectivity index is 1.65. The highest BCUT2D eigenvalue weighted by molar-refractivity contribution is 5.94. The van der Waals surface area contributed by atoms with Gasteiger partial charge in [0, 0.05) is 18.1 Å². The molecule has 1 fully saturated rings. The molecule has 3 heterocycles. The van der Waals surface area contributed by atoms with Crippen molar-refractivity contribution in [3.8, 4) is 0 Å². The third-order valence-corrected chi connectivity index (χ3v) is 3.34. The molecule has 2 amide bonds. The van der Waals surface area contributed by atoms with Crippen LogP contribution < -0.4 is 21.6 Å². The van der Waals surface area contributed by atoms with Crippen LogP contribution in [0.5, 0.6) is 0 Å². The Hall–Kier alpha value is -2.45. The number of carbonyl (C=O) groups excluding carboxylic acids is 2. The molecule has 1 aromatic heterocycles. The summed E-state index contributed by atoms with van der Waals surface area (Å²) in [5.74, 6) is -0.478. The Morgan fingerprint density at radius 3 is 3.10 bits per heavy atom. The number of nitrogens with zero attached hydrogens (tertiary/aromatic N) is 2. The van der Waals surface area contributed by atoms with Crippen molar-refractivity contribution < 1.29 is 9.59 Å². The third-order valence-electron chi connectivity index (χ3n) is 3.34. The summed E-state index contributed by atoms with van der Waals surface area (Å²) in [5, 5.41) is 7.09. The number of aromatic nitrogens is 1. The number of hydrogen-bond acceptors (Lipinski definition) is 6. The van der Waals surface area contributed by atoms with E-state index in [9.17, 15) is 9.59 Å². The fourth-order valence-electron chi connectivity index (χ4n) is 2.35. The molecule has 110 valence electrons. The Morgan fingerprint density at radius 2 is 2.33 bits per heavy atom. The molecule has 2 aliphatic rings. The number of carbonyl (C=O) groups is 2. The maximum absolute atomic E-state index is 12.2. The summed E-state index contributed by atoms with van der Waals surface area (Å²) in [6.07, 6.45) is 3.41. The predicted octanol–water partition coefficient (Wildman–Crippen LogP) is -1.25. The summed E-state index contributed by atoms with van der Waals surface area (Å²) >= 11 is 0. The van der Waals surface area contributed by atoms with Gasteiger partial charge >= 0.3 is 0 Å². The molecule has 0 aromatic carbocycles. The number of amides is 2. The van der Waals surface area contributed by atoms with Gasteiger partial charge in [0.2, 0.25) is 5.91 Å². The molecule has 0 aliphatic carbocycles. The molecule has 0 saturated carbocycles. The fraction of sp³-hybridized carbons (Fsp3) is 0.308. The number of hydrogen-bond donors (Lipinski definition) is 4. The van der Waals surface area contributed by atoms with E-state index in [2.05, 4.69) is 26.6 Å². The van der Waals surface area contributed by atoms with E-state index in [1.54, 1.807) is 24.3 Å². The van der Waals surface area contributed by atoms with E-state index in [0.717, 1.165) is 11.4 Å². The molecule has 0 radical (unpaired) electrons. The van der Waals surface area contributed by atoms with E-state index in [4.69, 9.17) is 0 Å². The largest absolute Gasteiger partial charge is 0.349 e. The normalized spacial score (nSPS) is 24.1. The van der Waals surface area contributed by atoms with Crippen LogP contribution in [0.1, 0.15) is 12.6 Å². The molecular weight excluding hydrogens is 272 g/mol. The lowest BCUT2D eigenvalue weighted by Crippen LogP contribution is -2.55. The van der Waals surface area contributed by atoms with Crippen LogP contribution in [0.25, 0.3) is 0 Å². The average molecular weight is 288 g/mol. The van der Waals surface area contributed by atoms with Gasteiger partial charge in [-0.25, -0.2) is 5.43 Å². The smallest absolute Gasteiger partial charge is 0.250 e. The summed E-state index contributed by atoms with van der Waals surface area (Å²) < 4.78 is 0. The lowest BCUT2D eigenvalue weighted by Gasteiger charge is -2.28. The second-order valence-electron chi connectivity index (χ2n) is 4.93. The molecule has 8 heteroatoms. The zero-order valence-electron chi connectivity index (χ0n) is 11.5. The van der Waals surface area contributed by atoms with Crippen LogP contribution in [0.4, 0.5) is 0 Å². The van der Waals surface area contributed by atoms with Gasteiger partial charge in [-0.3, -0.25) is 19.6 Å². The third kappa shape index (κ3) is 2.71. The van der Waals surface area contributed by atoms with Crippen LogP contribution in [-0.4, -0.2) is 33.9 Å². The van der Waals surface area contributed by atoms with E-state index in [1.807, 2.05) is 18.2 Å². The van der Waals surface area contributed by atoms with E-state index in [-0.39, 0.29) is 11.8 Å². The Bertz CT molecular complexity index is 588. The van der Waals surface area contributed by atoms with E-state index < -0.39 is 12.1 Å². The van der Waals surface area contributed by atoms with Crippen molar-refractivity contribution in [1.29, 1.82) is 0 Å². The lowest BCUT2D eigenvalue weighted by molar-refractivity contribution is -0.131. The molecule has 4 N–H and O–H groups in total. The van der Waals surface area contributed by atoms with Crippen LogP contribution in [0.3, 0.4) is 0 Å². The van der Waals surface area contributed by atoms with Gasteiger partial charge in [-0.2, -0.15) is 5.53 Å². The zero-order valence-corrected chi connectivity index (χ0v) is 11.5. The van der Waals surface area contributed by atoms with Gasteiger partial charge < -0.3 is 10.6 Å². The minimum atomic E-state index is -0.668. The summed E-state index contributed by atoms with van der Waals surface area (Å²) in [5.41, 5.74) is 7.13. The number of nitrogens with one attached hydrogen (secondary N) is 4. The first-order valence-corrected chi connectivity index (χ1v) is 6.61. The monoisotopic (exact) mass is 288 g/mol. The number of rotatable bonds is 3. The zero-order chi connectivity index (χ0) is 14.8. The molecule has 0 spiro atoms. The molecule has 1 saturated heterocycles. The lowest BCUT2D eigenvalue weighted by atomic mass is 10.1. The highest BCUT2D eigenvalue weighted by Gasteiger charge is 2.44. The van der Waals surface area contributed by atoms with Crippen LogP contribution in [0.2, 0.25) is 0 Å². The van der Waals surface area contributed by atoms with E-state index >= 15 is 0 Å². The Kier molecular flexibility index (Phi) is 3.55. The minimum Gasteiger partial charge on any atom is -0.349 e. The first kappa shape index (κ1) is 13.5. The summed E-state index contributed by atoms with van der Waals surface area (Å²) in [6, 6.07) is 4.21. The molecule has 3 rings (SSSR count). The van der Waals surface area contributed by atoms with E-state index in [1.165, 1.54) is 0 Å². The van der Waals surface area contributed by atoms with Crippen molar-refractivity contribution in [3.05, 3.63) is 42.0 Å². The molecule has 1 aromatic rings. The van der Waals surface area contributed by atoms with Gasteiger partial charge in [0.05, 0.1) is 12.2 Å². The quantitative estimate of drug-likeness (QED) is 0.555. The van der Waals surface area contributed by atoms with Crippen molar-refractivity contribution in [2.75, 3.05) is 0 Å². The Morgan fingerprint density at radius 1 is 1.48 bits per heavy atom. The second-order valence-corrected chi connectivity index (χ2v) is 4.93. The van der Waals surface area contributed by atoms with Crippen LogP contribution in [0, 0.1) is 0 Å². The topological polar surface area (TPSA) is 98.4 Å². The van der Waals surface area contributed by atoms with Crippen molar-refractivity contribution in [3.63, 3.8) is 0 Å². The number of hydrazine groups is 2. The van der Waals surface area contributed by atoms with Crippen LogP contribution in [-0.2, 0) is 16.1 Å². The van der Waals surface area contributed by atoms with Crippen LogP contribution >= 0.6 is 0 Å². The van der Waals surface area contributed by atoms with Crippen LogP contribution in [0.15, 0.2) is 36.3 Å². The molecule has 8 nitrogen and oxygen atoms in total. The first-order valence-electron chi connectivity index (χ1n) is 6.61. The van der Waals surface area contributed by atoms with Gasteiger partial charge in [-0.05, 0) is 19.1 Å². The molecule has 2 aliphatic heterocycles. The Labute approximate surface area is 121 Å². The van der Waals surface area contributed by atoms with Crippen molar-refractivity contribution in [1.82, 2.24) is 31.6 Å². The van der Waals surface area contributed by atoms with Gasteiger partial charge in [0.15, 0.2) is 6.04 Å². The van der Waals surface area contributed by atoms with Crippen molar-refractivity contribution >= 4 is 11.8 Å². The molecule has 0 bridgehead atoms. The van der Waals surface area contributed by atoms with Gasteiger partial charge in [-0.15, -0.1) is 0 Å². The molecule has 21 heavy (non-hydrogen) atoms. The number of fused-ring (bicyclic) bond motifs is 1.